The van der Waals surface area contributed by atoms with Gasteiger partial charge in [-0.2, -0.15) is 13.2 Å². The van der Waals surface area contributed by atoms with Crippen molar-refractivity contribution in [2.75, 3.05) is 0 Å². The Bertz CT molecular complexity index is 2950. The molecule has 0 unspecified atom stereocenters. The number of nitrogens with zero attached hydrogens (tertiary/aromatic N) is 3. The van der Waals surface area contributed by atoms with E-state index in [4.69, 9.17) is 11.6 Å². The van der Waals surface area contributed by atoms with Crippen LogP contribution >= 0.6 is 11.6 Å². The van der Waals surface area contributed by atoms with Crippen LogP contribution in [-0.4, -0.2) is 67.1 Å². The van der Waals surface area contributed by atoms with E-state index in [1.54, 1.807) is 93.6 Å². The minimum Gasteiger partial charge on any atom is -0.267 e. The first kappa shape index (κ1) is 59.7. The first-order valence-electron chi connectivity index (χ1n) is 23.6. The van der Waals surface area contributed by atoms with Gasteiger partial charge in [-0.1, -0.05) is 70.8 Å². The highest BCUT2D eigenvalue weighted by atomic mass is 35.5. The quantitative estimate of drug-likeness (QED) is 0.112. The van der Waals surface area contributed by atoms with Gasteiger partial charge in [0.05, 0.1) is 22.2 Å². The molecule has 17 heteroatoms. The van der Waals surface area contributed by atoms with Crippen molar-refractivity contribution < 1.29 is 46.3 Å². The van der Waals surface area contributed by atoms with Crippen LogP contribution in [0.5, 0.6) is 0 Å². The summed E-state index contributed by atoms with van der Waals surface area (Å²) in [6, 6.07) is 36.8. The summed E-state index contributed by atoms with van der Waals surface area (Å²) in [5.74, 6) is -2.92. The number of amides is 6. The van der Waals surface area contributed by atoms with Crippen LogP contribution in [0.3, 0.4) is 0 Å². The summed E-state index contributed by atoms with van der Waals surface area (Å²) in [5.41, 5.74) is 10.2. The zero-order valence-electron chi connectivity index (χ0n) is 44.0. The number of carbonyl (C=O) groups is 6. The van der Waals surface area contributed by atoms with Gasteiger partial charge in [-0.05, 0) is 186 Å². The summed E-state index contributed by atoms with van der Waals surface area (Å²) >= 11 is 5.97. The smallest absolute Gasteiger partial charge is 0.267 e. The van der Waals surface area contributed by atoms with Crippen molar-refractivity contribution in [3.63, 3.8) is 0 Å². The maximum Gasteiger partial charge on any atom is 0.416 e. The van der Waals surface area contributed by atoms with Crippen LogP contribution in [0.4, 0.5) is 17.6 Å². The third kappa shape index (κ3) is 17.7. The summed E-state index contributed by atoms with van der Waals surface area (Å²) < 4.78 is 51.2. The van der Waals surface area contributed by atoms with E-state index in [0.717, 1.165) is 46.0 Å². The van der Waals surface area contributed by atoms with Gasteiger partial charge in [-0.25, -0.2) is 19.4 Å². The lowest BCUT2D eigenvalue weighted by atomic mass is 10.1. The molecule has 0 spiro atoms. The van der Waals surface area contributed by atoms with Gasteiger partial charge in [-0.3, -0.25) is 45.0 Å². The third-order valence-corrected chi connectivity index (χ3v) is 11.1. The molecule has 3 N–H and O–H groups in total. The number of alkyl halides is 3. The van der Waals surface area contributed by atoms with E-state index < -0.39 is 51.9 Å². The molecule has 75 heavy (non-hydrogen) atoms. The Labute approximate surface area is 441 Å². The molecule has 0 heterocycles. The molecule has 0 aromatic heterocycles. The molecule has 6 rings (SSSR count). The normalized spacial score (nSPS) is 11.3. The van der Waals surface area contributed by atoms with Crippen molar-refractivity contribution in [2.24, 2.45) is 0 Å². The van der Waals surface area contributed by atoms with E-state index in [1.165, 1.54) is 34.3 Å². The fourth-order valence-corrected chi connectivity index (χ4v) is 6.78. The molecule has 6 aromatic rings. The van der Waals surface area contributed by atoms with Crippen molar-refractivity contribution in [1.29, 1.82) is 0 Å². The van der Waals surface area contributed by atoms with Crippen molar-refractivity contribution >= 4 is 47.0 Å². The Hall–Kier alpha value is -7.85. The second-order valence-electron chi connectivity index (χ2n) is 20.4. The molecule has 6 amide bonds. The molecule has 0 aliphatic rings. The van der Waals surface area contributed by atoms with E-state index in [0.29, 0.717) is 32.8 Å². The number of hydrogen-bond acceptors (Lipinski definition) is 6. The Balaban J connectivity index is 0.000000244. The van der Waals surface area contributed by atoms with Gasteiger partial charge in [-0.15, -0.1) is 0 Å². The molecule has 396 valence electrons. The number of hydrazine groups is 3. The lowest BCUT2D eigenvalue weighted by Gasteiger charge is -2.35. The van der Waals surface area contributed by atoms with Gasteiger partial charge < -0.3 is 0 Å². The molecule has 12 nitrogen and oxygen atoms in total. The van der Waals surface area contributed by atoms with Crippen molar-refractivity contribution in [1.82, 2.24) is 31.3 Å². The van der Waals surface area contributed by atoms with Crippen LogP contribution in [-0.2, 0) is 6.18 Å². The average Bonchev–Trinajstić information content (AvgIpc) is 3.33. The van der Waals surface area contributed by atoms with Crippen LogP contribution < -0.4 is 16.3 Å². The van der Waals surface area contributed by atoms with Crippen molar-refractivity contribution in [2.45, 2.75) is 106 Å². The number of halogens is 5. The van der Waals surface area contributed by atoms with Crippen LogP contribution in [0.2, 0.25) is 5.02 Å². The highest BCUT2D eigenvalue weighted by Crippen LogP contribution is 2.30. The van der Waals surface area contributed by atoms with Gasteiger partial charge in [0.25, 0.3) is 35.4 Å². The standard InChI is InChI=1S/C20H21F3N2O2.C19H21ClN2O2.C19H21FN2O2/c1-13-5-7-14(8-6-13)17(26)24-25(19(2,3)4)18(27)15-9-11-16(12-10-15)20(21,22)23;1-13-8-10-14(11-9-13)17(23)21-22(19(2,3)4)18(24)15-6-5-7-16(20)12-15;1-13-5-7-14(8-6-13)17(23)21-22(19(2,3)4)18(24)15-9-11-16(20)12-10-15/h5-12H,1-4H3,(H,24,26);2*5-12H,1-4H3,(H,21,23). The monoisotopic (exact) mass is 1050 g/mol. The molecule has 0 radical (unpaired) electrons. The number of hydrogen-bond donors (Lipinski definition) is 3. The van der Waals surface area contributed by atoms with Crippen LogP contribution in [0.15, 0.2) is 146 Å². The van der Waals surface area contributed by atoms with E-state index in [2.05, 4.69) is 16.3 Å². The van der Waals surface area contributed by atoms with Crippen LogP contribution in [0, 0.1) is 26.6 Å². The summed E-state index contributed by atoms with van der Waals surface area (Å²) in [6.07, 6.45) is -4.48. The number of carbonyl (C=O) groups excluding carboxylic acids is 6. The maximum absolute atomic E-state index is 13.1. The minimum absolute atomic E-state index is 0.0436. The average molecular weight is 1050 g/mol. The topological polar surface area (TPSA) is 148 Å². The van der Waals surface area contributed by atoms with Gasteiger partial charge >= 0.3 is 6.18 Å². The zero-order valence-corrected chi connectivity index (χ0v) is 44.8. The van der Waals surface area contributed by atoms with E-state index in [9.17, 15) is 46.3 Å². The summed E-state index contributed by atoms with van der Waals surface area (Å²) in [4.78, 5) is 75.7. The first-order chi connectivity index (χ1) is 34.8. The predicted octanol–water partition coefficient (Wildman–Crippen LogP) is 12.6. The highest BCUT2D eigenvalue weighted by Gasteiger charge is 2.34. The number of nitrogens with one attached hydrogen (secondary N) is 3. The second-order valence-corrected chi connectivity index (χ2v) is 20.9. The fraction of sp³-hybridized carbons (Fsp3) is 0.276. The second kappa shape index (κ2) is 24.9. The van der Waals surface area contributed by atoms with Crippen molar-refractivity contribution in [3.05, 3.63) is 212 Å². The Morgan fingerprint density at radius 2 is 0.680 bits per heavy atom. The van der Waals surface area contributed by atoms with Gasteiger partial charge in [0, 0.05) is 38.4 Å². The Morgan fingerprint density at radius 3 is 0.960 bits per heavy atom. The Morgan fingerprint density at radius 1 is 0.400 bits per heavy atom. The van der Waals surface area contributed by atoms with E-state index >= 15 is 0 Å². The first-order valence-corrected chi connectivity index (χ1v) is 24.0. The molecule has 0 bridgehead atoms. The highest BCUT2D eigenvalue weighted by molar-refractivity contribution is 6.31. The van der Waals surface area contributed by atoms with E-state index in [1.807, 2.05) is 86.6 Å². The number of aryl methyl sites for hydroxylation is 3. The third-order valence-electron chi connectivity index (χ3n) is 10.8. The lowest BCUT2D eigenvalue weighted by molar-refractivity contribution is -0.137. The molecular formula is C58H63ClF4N6O6. The maximum atomic E-state index is 13.1. The molecule has 0 saturated heterocycles. The number of benzene rings is 6. The molecule has 0 aliphatic heterocycles. The molecule has 0 atom stereocenters. The predicted molar refractivity (Wildman–Crippen MR) is 283 cm³/mol. The molecular weight excluding hydrogens is 988 g/mol. The SMILES string of the molecule is Cc1ccc(C(=O)NN(C(=O)c2ccc(C(F)(F)F)cc2)C(C)(C)C)cc1.Cc1ccc(C(=O)NN(C(=O)c2ccc(F)cc2)C(C)(C)C)cc1.Cc1ccc(C(=O)NN(C(=O)c2cccc(Cl)c2)C(C)(C)C)cc1. The summed E-state index contributed by atoms with van der Waals surface area (Å²) in [6.45, 7) is 21.9. The number of rotatable bonds is 6. The summed E-state index contributed by atoms with van der Waals surface area (Å²) in [7, 11) is 0. The summed E-state index contributed by atoms with van der Waals surface area (Å²) in [5, 5.41) is 4.20. The van der Waals surface area contributed by atoms with Crippen LogP contribution in [0.1, 0.15) is 147 Å². The van der Waals surface area contributed by atoms with Gasteiger partial charge in [0.1, 0.15) is 5.82 Å². The van der Waals surface area contributed by atoms with Gasteiger partial charge in [0.15, 0.2) is 0 Å². The van der Waals surface area contributed by atoms with Crippen LogP contribution in [0.25, 0.3) is 0 Å². The van der Waals surface area contributed by atoms with Crippen molar-refractivity contribution in [3.8, 4) is 0 Å². The molecule has 0 aliphatic carbocycles. The molecule has 0 fully saturated rings. The fourth-order valence-electron chi connectivity index (χ4n) is 6.59. The molecule has 6 aromatic carbocycles. The largest absolute Gasteiger partial charge is 0.416 e. The van der Waals surface area contributed by atoms with Gasteiger partial charge in [0.2, 0.25) is 0 Å². The zero-order chi connectivity index (χ0) is 56.2. The Kier molecular flexibility index (Phi) is 19.8. The molecule has 0 saturated carbocycles. The minimum atomic E-state index is -4.48. The lowest BCUT2D eigenvalue weighted by Crippen LogP contribution is -2.55. The van der Waals surface area contributed by atoms with E-state index in [-0.39, 0.29) is 23.3 Å².